The second-order valence-electron chi connectivity index (χ2n) is 1.69. The molecule has 1 heterocycles. The zero-order chi connectivity index (χ0) is 9.14. The van der Waals surface area contributed by atoms with Crippen LogP contribution in [0.1, 0.15) is 0 Å². The predicted molar refractivity (Wildman–Crippen MR) is 40.7 cm³/mol. The summed E-state index contributed by atoms with van der Waals surface area (Å²) in [4.78, 5) is 10.1. The molecule has 5 nitrogen and oxygen atoms in total. The van der Waals surface area contributed by atoms with Gasteiger partial charge in [-0.05, 0) is 0 Å². The van der Waals surface area contributed by atoms with Gasteiger partial charge in [-0.3, -0.25) is 0 Å². The fraction of sp³-hybridized carbons (Fsp3) is 0. The molecule has 0 unspecified atom stereocenters. The number of hydrogen-bond donors (Lipinski definition) is 1. The summed E-state index contributed by atoms with van der Waals surface area (Å²) in [5, 5.41) is 14.8. The molecule has 64 valence electrons. The van der Waals surface area contributed by atoms with Gasteiger partial charge >= 0.3 is 6.16 Å². The lowest BCUT2D eigenvalue weighted by molar-refractivity contribution is 0.144. The average molecular weight is 209 g/mol. The van der Waals surface area contributed by atoms with Gasteiger partial charge in [-0.15, -0.1) is 10.2 Å². The van der Waals surface area contributed by atoms with Gasteiger partial charge in [-0.25, -0.2) is 4.79 Å². The summed E-state index contributed by atoms with van der Waals surface area (Å²) in [5.74, 6) is -0.135. The van der Waals surface area contributed by atoms with Gasteiger partial charge in [0.1, 0.15) is 0 Å². The Hall–Kier alpha value is -1.07. The molecule has 0 saturated carbocycles. The maximum atomic E-state index is 10.1. The van der Waals surface area contributed by atoms with Gasteiger partial charge < -0.3 is 9.84 Å². The van der Waals surface area contributed by atoms with E-state index in [4.69, 9.17) is 28.3 Å². The first kappa shape index (κ1) is 9.02. The Bertz CT molecular complexity index is 318. The Kier molecular flexibility index (Phi) is 2.67. The van der Waals surface area contributed by atoms with Gasteiger partial charge in [0.05, 0.1) is 0 Å². The van der Waals surface area contributed by atoms with Crippen LogP contribution in [-0.2, 0) is 0 Å². The van der Waals surface area contributed by atoms with Gasteiger partial charge in [-0.1, -0.05) is 23.2 Å². The molecule has 0 fully saturated rings. The molecule has 0 saturated heterocycles. The molecule has 0 atom stereocenters. The molecule has 0 aliphatic carbocycles. The minimum atomic E-state index is -1.49. The maximum Gasteiger partial charge on any atom is 0.511 e. The number of ether oxygens (including phenoxy) is 1. The molecule has 12 heavy (non-hydrogen) atoms. The Labute approximate surface area is 76.9 Å². The van der Waals surface area contributed by atoms with Crippen LogP contribution in [0.2, 0.25) is 10.3 Å². The lowest BCUT2D eigenvalue weighted by atomic mass is 10.5. The van der Waals surface area contributed by atoms with Crippen LogP contribution in [0.3, 0.4) is 0 Å². The van der Waals surface area contributed by atoms with Crippen molar-refractivity contribution in [2.75, 3.05) is 0 Å². The Morgan fingerprint density at radius 1 is 1.50 bits per heavy atom. The number of halogens is 2. The molecule has 0 aliphatic rings. The van der Waals surface area contributed by atoms with Crippen LogP contribution in [0, 0.1) is 0 Å². The minimum Gasteiger partial charge on any atom is -0.449 e. The van der Waals surface area contributed by atoms with E-state index in [0.717, 1.165) is 6.07 Å². The third kappa shape index (κ3) is 2.21. The smallest absolute Gasteiger partial charge is 0.449 e. The van der Waals surface area contributed by atoms with E-state index in [9.17, 15) is 4.79 Å². The van der Waals surface area contributed by atoms with Crippen LogP contribution >= 0.6 is 23.2 Å². The van der Waals surface area contributed by atoms with Crippen molar-refractivity contribution in [1.29, 1.82) is 0 Å². The first-order chi connectivity index (χ1) is 5.59. The van der Waals surface area contributed by atoms with Crippen LogP contribution in [0.5, 0.6) is 5.75 Å². The second-order valence-corrected chi connectivity index (χ2v) is 2.44. The molecular weight excluding hydrogens is 207 g/mol. The third-order valence-electron chi connectivity index (χ3n) is 0.884. The van der Waals surface area contributed by atoms with E-state index in [0.29, 0.717) is 0 Å². The van der Waals surface area contributed by atoms with E-state index in [2.05, 4.69) is 14.9 Å². The first-order valence-corrected chi connectivity index (χ1v) is 3.44. The summed E-state index contributed by atoms with van der Waals surface area (Å²) in [5.41, 5.74) is 0. The molecule has 0 aliphatic heterocycles. The van der Waals surface area contributed by atoms with Gasteiger partial charge in [0.15, 0.2) is 16.1 Å². The topological polar surface area (TPSA) is 72.3 Å². The zero-order valence-electron chi connectivity index (χ0n) is 5.49. The van der Waals surface area contributed by atoms with E-state index in [1.54, 1.807) is 0 Å². The molecule has 7 heteroatoms. The number of hydrogen-bond acceptors (Lipinski definition) is 4. The van der Waals surface area contributed by atoms with E-state index in [1.165, 1.54) is 0 Å². The third-order valence-corrected chi connectivity index (χ3v) is 1.33. The van der Waals surface area contributed by atoms with Gasteiger partial charge in [0.25, 0.3) is 0 Å². The molecule has 0 amide bonds. The van der Waals surface area contributed by atoms with Crippen LogP contribution in [0.25, 0.3) is 0 Å². The lowest BCUT2D eigenvalue weighted by Gasteiger charge is -1.99. The number of aromatic nitrogens is 2. The highest BCUT2D eigenvalue weighted by molar-refractivity contribution is 6.32. The number of rotatable bonds is 1. The Morgan fingerprint density at radius 2 is 2.17 bits per heavy atom. The molecule has 1 N–H and O–H groups in total. The fourth-order valence-electron chi connectivity index (χ4n) is 0.503. The summed E-state index contributed by atoms with van der Waals surface area (Å²) >= 11 is 10.8. The van der Waals surface area contributed by atoms with E-state index >= 15 is 0 Å². The van der Waals surface area contributed by atoms with Crippen LogP contribution < -0.4 is 4.74 Å². The van der Waals surface area contributed by atoms with Crippen molar-refractivity contribution in [1.82, 2.24) is 10.2 Å². The molecule has 0 aromatic carbocycles. The predicted octanol–water partition coefficient (Wildman–Crippen LogP) is 1.84. The number of carbonyl (C=O) groups is 1. The summed E-state index contributed by atoms with van der Waals surface area (Å²) < 4.78 is 4.22. The van der Waals surface area contributed by atoms with Crippen molar-refractivity contribution in [2.45, 2.75) is 0 Å². The number of carboxylic acid groups (broad SMARTS) is 1. The lowest BCUT2D eigenvalue weighted by Crippen LogP contribution is -2.04. The average Bonchev–Trinajstić information content (AvgIpc) is 1.96. The summed E-state index contributed by atoms with van der Waals surface area (Å²) in [6, 6.07) is 1.16. The highest BCUT2D eigenvalue weighted by Gasteiger charge is 2.08. The van der Waals surface area contributed by atoms with Gasteiger partial charge in [0.2, 0.25) is 0 Å². The van der Waals surface area contributed by atoms with Crippen molar-refractivity contribution in [3.05, 3.63) is 16.4 Å². The molecular formula is C5H2Cl2N2O3. The standard InChI is InChI=1S/C5H2Cl2N2O3/c6-3-1-2(12-5(10)11)4(7)9-8-3/h1H,(H,10,11). The molecule has 0 spiro atoms. The second kappa shape index (κ2) is 3.55. The Morgan fingerprint density at radius 3 is 2.75 bits per heavy atom. The van der Waals surface area contributed by atoms with E-state index in [-0.39, 0.29) is 16.1 Å². The fourth-order valence-corrected chi connectivity index (χ4v) is 0.771. The molecule has 0 radical (unpaired) electrons. The van der Waals surface area contributed by atoms with Crippen molar-refractivity contribution >= 4 is 29.4 Å². The van der Waals surface area contributed by atoms with Crippen molar-refractivity contribution in [2.24, 2.45) is 0 Å². The molecule has 1 rings (SSSR count). The first-order valence-electron chi connectivity index (χ1n) is 2.69. The zero-order valence-corrected chi connectivity index (χ0v) is 7.00. The van der Waals surface area contributed by atoms with Crippen molar-refractivity contribution in [3.63, 3.8) is 0 Å². The van der Waals surface area contributed by atoms with Crippen molar-refractivity contribution in [3.8, 4) is 5.75 Å². The summed E-state index contributed by atoms with van der Waals surface area (Å²) in [6.07, 6.45) is -1.49. The van der Waals surface area contributed by atoms with Crippen LogP contribution in [0.4, 0.5) is 4.79 Å². The summed E-state index contributed by atoms with van der Waals surface area (Å²) in [6.45, 7) is 0. The van der Waals surface area contributed by atoms with E-state index < -0.39 is 6.16 Å². The van der Waals surface area contributed by atoms with Crippen molar-refractivity contribution < 1.29 is 14.6 Å². The molecule has 1 aromatic heterocycles. The van der Waals surface area contributed by atoms with Gasteiger partial charge in [0, 0.05) is 6.07 Å². The SMILES string of the molecule is O=C(O)Oc1cc(Cl)nnc1Cl. The normalized spacial score (nSPS) is 9.50. The Balaban J connectivity index is 2.97. The van der Waals surface area contributed by atoms with Crippen LogP contribution in [-0.4, -0.2) is 21.5 Å². The monoisotopic (exact) mass is 208 g/mol. The minimum absolute atomic E-state index is 0.00986. The highest BCUT2D eigenvalue weighted by atomic mass is 35.5. The summed E-state index contributed by atoms with van der Waals surface area (Å²) in [7, 11) is 0. The largest absolute Gasteiger partial charge is 0.511 e. The number of nitrogens with zero attached hydrogens (tertiary/aromatic N) is 2. The quantitative estimate of drug-likeness (QED) is 0.714. The van der Waals surface area contributed by atoms with Crippen LogP contribution in [0.15, 0.2) is 6.07 Å². The maximum absolute atomic E-state index is 10.1. The van der Waals surface area contributed by atoms with E-state index in [1.807, 2.05) is 0 Å². The molecule has 0 bridgehead atoms. The van der Waals surface area contributed by atoms with Gasteiger partial charge in [-0.2, -0.15) is 0 Å². The highest BCUT2D eigenvalue weighted by Crippen LogP contribution is 2.23. The molecule has 1 aromatic rings.